The minimum absolute atomic E-state index is 0.0414. The number of fused-ring (bicyclic) bond motifs is 1. The maximum absolute atomic E-state index is 6.53. The van der Waals surface area contributed by atoms with Gasteiger partial charge in [0, 0.05) is 12.3 Å². The van der Waals surface area contributed by atoms with Gasteiger partial charge in [-0.1, -0.05) is 53.7 Å². The van der Waals surface area contributed by atoms with Gasteiger partial charge in [-0.25, -0.2) is 14.1 Å². The number of benzene rings is 2. The number of aryl methyl sites for hydroxylation is 1. The Hall–Kier alpha value is -3.58. The molecule has 0 saturated heterocycles. The first-order valence-electron chi connectivity index (χ1n) is 13.8. The number of aromatic amines is 1. The van der Waals surface area contributed by atoms with Crippen LogP contribution in [0.1, 0.15) is 78.0 Å². The Balaban J connectivity index is 1.45. The summed E-state index contributed by atoms with van der Waals surface area (Å²) >= 11 is 0. The van der Waals surface area contributed by atoms with Crippen molar-refractivity contribution in [1.29, 1.82) is 0 Å². The third-order valence-electron chi connectivity index (χ3n) is 7.44. The van der Waals surface area contributed by atoms with Gasteiger partial charge in [-0.3, -0.25) is 0 Å². The first-order chi connectivity index (χ1) is 18.2. The smallest absolute Gasteiger partial charge is 0.254 e. The molecule has 1 aliphatic heterocycles. The average molecular weight is 528 g/mol. The number of imidazole rings is 2. The first kappa shape index (κ1) is 27.0. The number of nitrogens with zero attached hydrogens (tertiary/aromatic N) is 3. The highest BCUT2D eigenvalue weighted by molar-refractivity contribution is 5.78. The van der Waals surface area contributed by atoms with Crippen molar-refractivity contribution >= 4 is 11.4 Å². The van der Waals surface area contributed by atoms with Crippen LogP contribution in [0, 0.1) is 6.92 Å². The standard InChI is InChI=1S/C32H43N6O/c1-21-33-18-27(35-21)32(8,9)39-28-19-34-29-25(31(5,6)7)16-24(17-26(29)36-28)38-15-14-37(20-38)23-12-10-22(11-13-23)30(2,3)4/h10-18,20,28,34,36H,19H2,1-9H3,(H,33,35)/q+1. The molecule has 2 aromatic heterocycles. The molecule has 0 bridgehead atoms. The Morgan fingerprint density at radius 1 is 0.974 bits per heavy atom. The van der Waals surface area contributed by atoms with Crippen LogP contribution in [-0.4, -0.2) is 27.3 Å². The third kappa shape index (κ3) is 5.59. The van der Waals surface area contributed by atoms with E-state index in [9.17, 15) is 0 Å². The van der Waals surface area contributed by atoms with Gasteiger partial charge in [0.05, 0.1) is 23.6 Å². The van der Waals surface area contributed by atoms with Crippen LogP contribution in [0.15, 0.2) is 61.3 Å². The van der Waals surface area contributed by atoms with Crippen molar-refractivity contribution in [2.24, 2.45) is 0 Å². The lowest BCUT2D eigenvalue weighted by Gasteiger charge is -2.36. The van der Waals surface area contributed by atoms with Crippen LogP contribution in [0.5, 0.6) is 0 Å². The zero-order chi connectivity index (χ0) is 28.2. The van der Waals surface area contributed by atoms with Crippen LogP contribution >= 0.6 is 0 Å². The second-order valence-electron chi connectivity index (χ2n) is 13.2. The van der Waals surface area contributed by atoms with E-state index < -0.39 is 5.60 Å². The number of nitrogens with one attached hydrogen (secondary N) is 3. The van der Waals surface area contributed by atoms with E-state index in [-0.39, 0.29) is 17.1 Å². The molecule has 206 valence electrons. The summed E-state index contributed by atoms with van der Waals surface area (Å²) in [5.74, 6) is 0.885. The summed E-state index contributed by atoms with van der Waals surface area (Å²) in [6.07, 6.45) is 8.07. The van der Waals surface area contributed by atoms with Crippen LogP contribution in [0.2, 0.25) is 0 Å². The summed E-state index contributed by atoms with van der Waals surface area (Å²) in [7, 11) is 0. The van der Waals surface area contributed by atoms with Crippen LogP contribution in [0.3, 0.4) is 0 Å². The van der Waals surface area contributed by atoms with Gasteiger partial charge in [0.1, 0.15) is 41.4 Å². The predicted octanol–water partition coefficient (Wildman–Crippen LogP) is 6.50. The number of rotatable bonds is 5. The molecule has 1 atom stereocenters. The van der Waals surface area contributed by atoms with Gasteiger partial charge in [-0.15, -0.1) is 0 Å². The zero-order valence-corrected chi connectivity index (χ0v) is 24.8. The SMILES string of the molecule is Cc1nc(C(C)(C)OC2CNc3c(cc(-[n+]4ccn(-c5ccc(C(C)(C)C)cc5)c4)cc3C(C)(C)C)N2)c[nH]1. The number of H-pyrrole nitrogens is 1. The summed E-state index contributed by atoms with van der Waals surface area (Å²) in [5.41, 5.74) is 7.45. The molecule has 1 unspecified atom stereocenters. The summed E-state index contributed by atoms with van der Waals surface area (Å²) in [6.45, 7) is 20.2. The van der Waals surface area contributed by atoms with Gasteiger partial charge < -0.3 is 20.4 Å². The van der Waals surface area contributed by atoms with Crippen LogP contribution in [-0.2, 0) is 21.2 Å². The molecule has 7 nitrogen and oxygen atoms in total. The van der Waals surface area contributed by atoms with Crippen molar-refractivity contribution in [2.45, 2.75) is 85.0 Å². The lowest BCUT2D eigenvalue weighted by atomic mass is 9.84. The zero-order valence-electron chi connectivity index (χ0n) is 24.8. The Labute approximate surface area is 232 Å². The molecule has 1 aliphatic rings. The number of hydrogen-bond donors (Lipinski definition) is 3. The molecule has 0 saturated carbocycles. The van der Waals surface area contributed by atoms with Crippen LogP contribution in [0.25, 0.3) is 11.4 Å². The van der Waals surface area contributed by atoms with Gasteiger partial charge >= 0.3 is 0 Å². The fourth-order valence-corrected chi connectivity index (χ4v) is 5.10. The molecule has 0 spiro atoms. The molecule has 4 aromatic rings. The largest absolute Gasteiger partial charge is 0.379 e. The van der Waals surface area contributed by atoms with E-state index in [1.54, 1.807) is 0 Å². The second-order valence-corrected chi connectivity index (χ2v) is 13.2. The van der Waals surface area contributed by atoms with E-state index in [2.05, 4.69) is 140 Å². The van der Waals surface area contributed by atoms with E-state index in [0.29, 0.717) is 6.54 Å². The molecule has 0 radical (unpaired) electrons. The number of aromatic nitrogens is 4. The molecule has 5 rings (SSSR count). The van der Waals surface area contributed by atoms with Gasteiger partial charge in [0.25, 0.3) is 6.33 Å². The number of ether oxygens (including phenoxy) is 1. The van der Waals surface area contributed by atoms with Gasteiger partial charge in [0.15, 0.2) is 0 Å². The summed E-state index contributed by atoms with van der Waals surface area (Å²) < 4.78 is 10.9. The third-order valence-corrected chi connectivity index (χ3v) is 7.44. The normalized spacial score (nSPS) is 16.0. The van der Waals surface area contributed by atoms with E-state index in [1.807, 2.05) is 13.1 Å². The van der Waals surface area contributed by atoms with E-state index >= 15 is 0 Å². The van der Waals surface area contributed by atoms with Crippen molar-refractivity contribution < 1.29 is 9.30 Å². The molecule has 3 N–H and O–H groups in total. The van der Waals surface area contributed by atoms with Crippen LogP contribution in [0.4, 0.5) is 11.4 Å². The lowest BCUT2D eigenvalue weighted by molar-refractivity contribution is -0.594. The molecule has 0 fully saturated rings. The Bertz CT molecular complexity index is 1460. The highest BCUT2D eigenvalue weighted by Gasteiger charge is 2.32. The van der Waals surface area contributed by atoms with Gasteiger partial charge in [0.2, 0.25) is 0 Å². The van der Waals surface area contributed by atoms with Crippen molar-refractivity contribution in [3.05, 3.63) is 84.0 Å². The maximum atomic E-state index is 6.53. The molecule has 0 aliphatic carbocycles. The average Bonchev–Trinajstić information content (AvgIpc) is 3.52. The lowest BCUT2D eigenvalue weighted by Crippen LogP contribution is -2.42. The minimum Gasteiger partial charge on any atom is -0.379 e. The van der Waals surface area contributed by atoms with Gasteiger partial charge in [-0.05, 0) is 60.9 Å². The van der Waals surface area contributed by atoms with E-state index in [1.165, 1.54) is 11.1 Å². The summed E-state index contributed by atoms with van der Waals surface area (Å²) in [6, 6.07) is 13.3. The monoisotopic (exact) mass is 527 g/mol. The minimum atomic E-state index is -0.541. The van der Waals surface area contributed by atoms with Gasteiger partial charge in [-0.2, -0.15) is 0 Å². The van der Waals surface area contributed by atoms with E-state index in [4.69, 9.17) is 4.74 Å². The molecule has 39 heavy (non-hydrogen) atoms. The molecular weight excluding hydrogens is 484 g/mol. The molecule has 7 heteroatoms. The Morgan fingerprint density at radius 3 is 2.31 bits per heavy atom. The Morgan fingerprint density at radius 2 is 1.69 bits per heavy atom. The first-order valence-corrected chi connectivity index (χ1v) is 13.8. The summed E-state index contributed by atoms with van der Waals surface area (Å²) in [4.78, 5) is 7.77. The highest BCUT2D eigenvalue weighted by atomic mass is 16.5. The fraction of sp³-hybridized carbons (Fsp3) is 0.438. The van der Waals surface area contributed by atoms with Crippen molar-refractivity contribution in [3.8, 4) is 11.4 Å². The van der Waals surface area contributed by atoms with Crippen LogP contribution < -0.4 is 15.2 Å². The quantitative estimate of drug-likeness (QED) is 0.259. The second kappa shape index (κ2) is 9.56. The van der Waals surface area contributed by atoms with Crippen molar-refractivity contribution in [2.75, 3.05) is 17.2 Å². The summed E-state index contributed by atoms with van der Waals surface area (Å²) in [5, 5.41) is 7.33. The molecule has 2 aromatic carbocycles. The number of anilines is 2. The fourth-order valence-electron chi connectivity index (χ4n) is 5.10. The predicted molar refractivity (Wildman–Crippen MR) is 158 cm³/mol. The highest BCUT2D eigenvalue weighted by Crippen LogP contribution is 2.39. The maximum Gasteiger partial charge on any atom is 0.254 e. The molecule has 0 amide bonds. The topological polar surface area (TPSA) is 70.8 Å². The molecular formula is C32H43N6O+. The Kier molecular flexibility index (Phi) is 6.62. The molecule has 3 heterocycles. The van der Waals surface area contributed by atoms with E-state index in [0.717, 1.165) is 34.3 Å². The van der Waals surface area contributed by atoms with Crippen molar-refractivity contribution in [3.63, 3.8) is 0 Å². The van der Waals surface area contributed by atoms with Crippen molar-refractivity contribution in [1.82, 2.24) is 14.5 Å². The number of hydrogen-bond acceptors (Lipinski definition) is 4.